The molecule has 2 N–H and O–H groups in total. The van der Waals surface area contributed by atoms with E-state index in [0.717, 1.165) is 4.90 Å². The highest BCUT2D eigenvalue weighted by molar-refractivity contribution is 6.53. The number of halogens is 1. The summed E-state index contributed by atoms with van der Waals surface area (Å²) in [6.45, 7) is 7.24. The number of anilines is 3. The van der Waals surface area contributed by atoms with Crippen LogP contribution >= 0.6 is 11.6 Å². The number of nitrogens with one attached hydrogen (secondary N) is 2. The molecular weight excluding hydrogens is 534 g/mol. The van der Waals surface area contributed by atoms with Gasteiger partial charge in [0, 0.05) is 11.3 Å². The van der Waals surface area contributed by atoms with Gasteiger partial charge in [-0.25, -0.2) is 9.69 Å². The van der Waals surface area contributed by atoms with Gasteiger partial charge in [0.05, 0.1) is 29.1 Å². The van der Waals surface area contributed by atoms with Gasteiger partial charge in [0.25, 0.3) is 17.7 Å². The Kier molecular flexibility index (Phi) is 8.55. The molecule has 0 aliphatic carbocycles. The second-order valence-corrected chi connectivity index (χ2v) is 9.84. The normalized spacial score (nSPS) is 13.2. The number of benzene rings is 3. The van der Waals surface area contributed by atoms with Gasteiger partial charge in [0.2, 0.25) is 0 Å². The molecule has 1 aliphatic rings. The summed E-state index contributed by atoms with van der Waals surface area (Å²) in [5, 5.41) is 5.41. The Bertz CT molecular complexity index is 1500. The van der Waals surface area contributed by atoms with E-state index in [1.54, 1.807) is 62.4 Å². The standard InChI is InChI=1S/C30H28ClN3O6/c1-17(2)39-24-11-6-5-10-23(24)33-27(35)19-12-14-21(15-13-19)32-26-25(31)28(36)34(29(26)37)22-9-7-8-20(16-22)30(38)40-18(3)4/h5-18,32H,1-4H3,(H,33,35). The minimum absolute atomic E-state index is 0.0593. The van der Waals surface area contributed by atoms with Gasteiger partial charge in [0.1, 0.15) is 16.5 Å². The Balaban J connectivity index is 1.47. The van der Waals surface area contributed by atoms with E-state index in [0.29, 0.717) is 22.7 Å². The Morgan fingerprint density at radius 2 is 1.52 bits per heavy atom. The van der Waals surface area contributed by atoms with Crippen molar-refractivity contribution in [1.29, 1.82) is 0 Å². The first-order chi connectivity index (χ1) is 19.0. The second-order valence-electron chi connectivity index (χ2n) is 9.46. The van der Waals surface area contributed by atoms with Gasteiger partial charge < -0.3 is 20.1 Å². The van der Waals surface area contributed by atoms with Crippen LogP contribution in [-0.2, 0) is 14.3 Å². The smallest absolute Gasteiger partial charge is 0.338 e. The molecule has 0 bridgehead atoms. The van der Waals surface area contributed by atoms with E-state index in [1.807, 2.05) is 19.9 Å². The predicted octanol–water partition coefficient (Wildman–Crippen LogP) is 5.73. The molecule has 0 fully saturated rings. The molecular formula is C30H28ClN3O6. The highest BCUT2D eigenvalue weighted by Gasteiger charge is 2.39. The summed E-state index contributed by atoms with van der Waals surface area (Å²) in [5.74, 6) is -1.79. The molecule has 206 valence electrons. The number of rotatable bonds is 9. The lowest BCUT2D eigenvalue weighted by molar-refractivity contribution is -0.120. The maximum atomic E-state index is 13.2. The van der Waals surface area contributed by atoms with Crippen molar-refractivity contribution in [2.45, 2.75) is 39.9 Å². The van der Waals surface area contributed by atoms with Crippen LogP contribution in [0.15, 0.2) is 83.5 Å². The largest absolute Gasteiger partial charge is 0.489 e. The Hall–Kier alpha value is -4.63. The van der Waals surface area contributed by atoms with Crippen LogP contribution < -0.4 is 20.3 Å². The summed E-state index contributed by atoms with van der Waals surface area (Å²) in [5.41, 5.74) is 1.58. The first-order valence-corrected chi connectivity index (χ1v) is 13.0. The van der Waals surface area contributed by atoms with Crippen LogP contribution in [0.5, 0.6) is 5.75 Å². The van der Waals surface area contributed by atoms with Crippen molar-refractivity contribution in [2.75, 3.05) is 15.5 Å². The minimum atomic E-state index is -0.734. The molecule has 9 nitrogen and oxygen atoms in total. The van der Waals surface area contributed by atoms with E-state index in [1.165, 1.54) is 18.2 Å². The van der Waals surface area contributed by atoms with Gasteiger partial charge in [0.15, 0.2) is 0 Å². The van der Waals surface area contributed by atoms with Crippen LogP contribution in [0.2, 0.25) is 0 Å². The molecule has 4 rings (SSSR count). The summed E-state index contributed by atoms with van der Waals surface area (Å²) >= 11 is 6.25. The van der Waals surface area contributed by atoms with Gasteiger partial charge in [-0.15, -0.1) is 0 Å². The first kappa shape index (κ1) is 28.4. The average molecular weight is 562 g/mol. The minimum Gasteiger partial charge on any atom is -0.489 e. The third-order valence-electron chi connectivity index (χ3n) is 5.62. The third-order valence-corrected chi connectivity index (χ3v) is 5.98. The fourth-order valence-electron chi connectivity index (χ4n) is 3.87. The zero-order valence-corrected chi connectivity index (χ0v) is 23.1. The number of imide groups is 1. The van der Waals surface area contributed by atoms with E-state index in [2.05, 4.69) is 10.6 Å². The van der Waals surface area contributed by atoms with E-state index >= 15 is 0 Å². The quantitative estimate of drug-likeness (QED) is 0.253. The lowest BCUT2D eigenvalue weighted by atomic mass is 10.1. The fraction of sp³-hybridized carbons (Fsp3) is 0.200. The molecule has 0 spiro atoms. The van der Waals surface area contributed by atoms with Gasteiger partial charge in [-0.05, 0) is 82.3 Å². The van der Waals surface area contributed by atoms with Crippen LogP contribution in [0.1, 0.15) is 48.4 Å². The number of hydrogen-bond acceptors (Lipinski definition) is 7. The van der Waals surface area contributed by atoms with Gasteiger partial charge >= 0.3 is 5.97 Å². The molecule has 0 radical (unpaired) electrons. The van der Waals surface area contributed by atoms with E-state index < -0.39 is 17.8 Å². The fourth-order valence-corrected chi connectivity index (χ4v) is 4.08. The van der Waals surface area contributed by atoms with Gasteiger partial charge in [-0.3, -0.25) is 14.4 Å². The zero-order chi connectivity index (χ0) is 29.0. The molecule has 0 unspecified atom stereocenters. The highest BCUT2D eigenvalue weighted by atomic mass is 35.5. The van der Waals surface area contributed by atoms with Crippen LogP contribution in [0.4, 0.5) is 17.1 Å². The summed E-state index contributed by atoms with van der Waals surface area (Å²) in [6.07, 6.45) is -0.388. The van der Waals surface area contributed by atoms with Crippen LogP contribution in [0, 0.1) is 0 Å². The van der Waals surface area contributed by atoms with Crippen molar-refractivity contribution in [3.63, 3.8) is 0 Å². The van der Waals surface area contributed by atoms with Gasteiger partial charge in [-0.2, -0.15) is 0 Å². The molecule has 0 aromatic heterocycles. The SMILES string of the molecule is CC(C)OC(=O)c1cccc(N2C(=O)C(Cl)=C(Nc3ccc(C(=O)Nc4ccccc4OC(C)C)cc3)C2=O)c1. The molecule has 0 saturated heterocycles. The lowest BCUT2D eigenvalue weighted by Gasteiger charge is -2.16. The number of carbonyl (C=O) groups is 4. The lowest BCUT2D eigenvalue weighted by Crippen LogP contribution is -2.32. The van der Waals surface area contributed by atoms with Crippen molar-refractivity contribution >= 4 is 52.4 Å². The van der Waals surface area contributed by atoms with E-state index in [-0.39, 0.29) is 40.1 Å². The Morgan fingerprint density at radius 1 is 0.825 bits per heavy atom. The van der Waals surface area contributed by atoms with Crippen LogP contribution in [0.3, 0.4) is 0 Å². The predicted molar refractivity (Wildman–Crippen MR) is 153 cm³/mol. The van der Waals surface area contributed by atoms with Crippen LogP contribution in [-0.4, -0.2) is 35.9 Å². The summed E-state index contributed by atoms with van der Waals surface area (Å²) in [7, 11) is 0. The third kappa shape index (κ3) is 6.32. The number of carbonyl (C=O) groups excluding carboxylic acids is 4. The van der Waals surface area contributed by atoms with Crippen molar-refractivity contribution in [3.8, 4) is 5.75 Å². The molecule has 3 amide bonds. The molecule has 10 heteroatoms. The molecule has 1 heterocycles. The molecule has 0 saturated carbocycles. The topological polar surface area (TPSA) is 114 Å². The van der Waals surface area contributed by atoms with Crippen LogP contribution in [0.25, 0.3) is 0 Å². The van der Waals surface area contributed by atoms with Crippen molar-refractivity contribution in [2.24, 2.45) is 0 Å². The number of amides is 3. The van der Waals surface area contributed by atoms with E-state index in [4.69, 9.17) is 21.1 Å². The van der Waals surface area contributed by atoms with Crippen molar-refractivity contribution < 1.29 is 28.7 Å². The highest BCUT2D eigenvalue weighted by Crippen LogP contribution is 2.31. The summed E-state index contributed by atoms with van der Waals surface area (Å²) < 4.78 is 10.9. The number of nitrogens with zero attached hydrogens (tertiary/aromatic N) is 1. The summed E-state index contributed by atoms with van der Waals surface area (Å²) in [6, 6.07) is 19.4. The van der Waals surface area contributed by atoms with Gasteiger partial charge in [-0.1, -0.05) is 29.8 Å². The maximum Gasteiger partial charge on any atom is 0.338 e. The monoisotopic (exact) mass is 561 g/mol. The summed E-state index contributed by atoms with van der Waals surface area (Å²) in [4.78, 5) is 52.1. The van der Waals surface area contributed by atoms with Crippen molar-refractivity contribution in [3.05, 3.63) is 94.7 Å². The molecule has 40 heavy (non-hydrogen) atoms. The molecule has 0 atom stereocenters. The molecule has 3 aromatic rings. The maximum absolute atomic E-state index is 13.2. The Labute approximate surface area is 236 Å². The second kappa shape index (κ2) is 12.0. The number of hydrogen-bond donors (Lipinski definition) is 2. The molecule has 1 aliphatic heterocycles. The van der Waals surface area contributed by atoms with Crippen molar-refractivity contribution in [1.82, 2.24) is 0 Å². The zero-order valence-electron chi connectivity index (χ0n) is 22.4. The molecule has 3 aromatic carbocycles. The first-order valence-electron chi connectivity index (χ1n) is 12.6. The number of ether oxygens (including phenoxy) is 2. The number of esters is 1. The Morgan fingerprint density at radius 3 is 2.20 bits per heavy atom. The number of para-hydroxylation sites is 2. The van der Waals surface area contributed by atoms with E-state index in [9.17, 15) is 19.2 Å². The average Bonchev–Trinajstić information content (AvgIpc) is 3.12.